The van der Waals surface area contributed by atoms with Gasteiger partial charge < -0.3 is 20.9 Å². The van der Waals surface area contributed by atoms with Crippen molar-refractivity contribution in [2.75, 3.05) is 46.3 Å². The van der Waals surface area contributed by atoms with Crippen molar-refractivity contribution in [3.8, 4) is 0 Å². The zero-order chi connectivity index (χ0) is 12.9. The van der Waals surface area contributed by atoms with Gasteiger partial charge in [0, 0.05) is 32.7 Å². The van der Waals surface area contributed by atoms with Gasteiger partial charge in [-0.15, -0.1) is 0 Å². The molecule has 5 heteroatoms. The van der Waals surface area contributed by atoms with E-state index in [1.807, 2.05) is 13.8 Å². The molecule has 0 saturated carbocycles. The fourth-order valence-electron chi connectivity index (χ4n) is 2.14. The molecular formula is C12H26N4O. The summed E-state index contributed by atoms with van der Waals surface area (Å²) in [4.78, 5) is 16.2. The molecule has 1 aliphatic rings. The van der Waals surface area contributed by atoms with Crippen LogP contribution in [0.15, 0.2) is 0 Å². The second kappa shape index (κ2) is 6.33. The van der Waals surface area contributed by atoms with Crippen molar-refractivity contribution in [1.82, 2.24) is 15.1 Å². The second-order valence-electron chi connectivity index (χ2n) is 5.12. The van der Waals surface area contributed by atoms with Crippen LogP contribution in [0.4, 0.5) is 0 Å². The van der Waals surface area contributed by atoms with Gasteiger partial charge in [-0.2, -0.15) is 0 Å². The fraction of sp³-hybridized carbons (Fsp3) is 0.917. The second-order valence-corrected chi connectivity index (χ2v) is 5.12. The molecule has 1 rings (SSSR count). The summed E-state index contributed by atoms with van der Waals surface area (Å²) in [7, 11) is 2.14. The van der Waals surface area contributed by atoms with Crippen molar-refractivity contribution < 1.29 is 4.79 Å². The molecule has 1 heterocycles. The molecule has 0 aromatic rings. The highest BCUT2D eigenvalue weighted by atomic mass is 16.1. The summed E-state index contributed by atoms with van der Waals surface area (Å²) in [6.45, 7) is 9.96. The van der Waals surface area contributed by atoms with Crippen LogP contribution in [-0.2, 0) is 4.79 Å². The molecule has 1 fully saturated rings. The predicted octanol–water partition coefficient (Wildman–Crippen LogP) is -0.523. The first-order valence-electron chi connectivity index (χ1n) is 6.44. The van der Waals surface area contributed by atoms with Crippen LogP contribution in [0.1, 0.15) is 20.3 Å². The summed E-state index contributed by atoms with van der Waals surface area (Å²) in [6, 6.07) is 0. The maximum atomic E-state index is 11.5. The van der Waals surface area contributed by atoms with Crippen LogP contribution in [0.5, 0.6) is 0 Å². The van der Waals surface area contributed by atoms with Gasteiger partial charge in [-0.25, -0.2) is 0 Å². The molecule has 0 bridgehead atoms. The maximum absolute atomic E-state index is 11.5. The third-order valence-electron chi connectivity index (χ3n) is 3.63. The van der Waals surface area contributed by atoms with E-state index in [2.05, 4.69) is 22.2 Å². The van der Waals surface area contributed by atoms with Crippen LogP contribution in [0.2, 0.25) is 0 Å². The smallest absolute Gasteiger partial charge is 0.237 e. The summed E-state index contributed by atoms with van der Waals surface area (Å²) >= 11 is 0. The minimum Gasteiger partial charge on any atom is -0.368 e. The summed E-state index contributed by atoms with van der Waals surface area (Å²) in [5.74, 6) is -0.256. The van der Waals surface area contributed by atoms with E-state index in [4.69, 9.17) is 5.73 Å². The number of nitrogens with zero attached hydrogens (tertiary/aromatic N) is 2. The number of carbonyl (C=O) groups is 1. The standard InChI is InChI=1S/C12H26N4O/c1-4-14-12(2,11(13)17)5-6-16-9-7-15(3)8-10-16/h14H,4-10H2,1-3H3,(H2,13,17). The van der Waals surface area contributed by atoms with Gasteiger partial charge in [0.1, 0.15) is 0 Å². The Morgan fingerprint density at radius 1 is 1.35 bits per heavy atom. The molecule has 0 aromatic carbocycles. The van der Waals surface area contributed by atoms with Gasteiger partial charge in [-0.05, 0) is 26.9 Å². The molecule has 0 radical (unpaired) electrons. The van der Waals surface area contributed by atoms with Crippen molar-refractivity contribution in [2.45, 2.75) is 25.8 Å². The fourth-order valence-corrected chi connectivity index (χ4v) is 2.14. The molecule has 1 saturated heterocycles. The number of nitrogens with one attached hydrogen (secondary N) is 1. The Bertz CT molecular complexity index is 251. The topological polar surface area (TPSA) is 61.6 Å². The van der Waals surface area contributed by atoms with Crippen molar-refractivity contribution in [1.29, 1.82) is 0 Å². The van der Waals surface area contributed by atoms with Crippen LogP contribution < -0.4 is 11.1 Å². The van der Waals surface area contributed by atoms with Crippen molar-refractivity contribution in [3.05, 3.63) is 0 Å². The molecule has 0 spiro atoms. The van der Waals surface area contributed by atoms with Gasteiger partial charge >= 0.3 is 0 Å². The molecule has 5 nitrogen and oxygen atoms in total. The van der Waals surface area contributed by atoms with Crippen LogP contribution in [-0.4, -0.2) is 67.6 Å². The highest BCUT2D eigenvalue weighted by molar-refractivity contribution is 5.84. The number of carbonyl (C=O) groups excluding carboxylic acids is 1. The summed E-state index contributed by atoms with van der Waals surface area (Å²) in [5.41, 5.74) is 4.90. The van der Waals surface area contributed by atoms with Gasteiger partial charge in [0.2, 0.25) is 5.91 Å². The van der Waals surface area contributed by atoms with E-state index in [1.54, 1.807) is 0 Å². The van der Waals surface area contributed by atoms with Crippen LogP contribution in [0.25, 0.3) is 0 Å². The number of piperazine rings is 1. The molecule has 1 atom stereocenters. The van der Waals surface area contributed by atoms with E-state index >= 15 is 0 Å². The largest absolute Gasteiger partial charge is 0.368 e. The number of hydrogen-bond donors (Lipinski definition) is 2. The Morgan fingerprint density at radius 2 is 1.94 bits per heavy atom. The van der Waals surface area contributed by atoms with Crippen LogP contribution >= 0.6 is 0 Å². The van der Waals surface area contributed by atoms with E-state index < -0.39 is 5.54 Å². The average molecular weight is 242 g/mol. The monoisotopic (exact) mass is 242 g/mol. The predicted molar refractivity (Wildman–Crippen MR) is 69.8 cm³/mol. The lowest BCUT2D eigenvalue weighted by Crippen LogP contribution is -2.55. The molecule has 1 amide bonds. The highest BCUT2D eigenvalue weighted by Crippen LogP contribution is 2.11. The summed E-state index contributed by atoms with van der Waals surface area (Å²) in [5, 5.41) is 3.20. The lowest BCUT2D eigenvalue weighted by Gasteiger charge is -2.35. The number of rotatable bonds is 6. The average Bonchev–Trinajstić information content (AvgIpc) is 2.28. The Kier molecular flexibility index (Phi) is 5.36. The van der Waals surface area contributed by atoms with Gasteiger partial charge in [-0.3, -0.25) is 4.79 Å². The van der Waals surface area contributed by atoms with Crippen LogP contribution in [0.3, 0.4) is 0 Å². The molecule has 1 unspecified atom stereocenters. The number of likely N-dealkylation sites (N-methyl/N-ethyl adjacent to an activating group) is 2. The van der Waals surface area contributed by atoms with Gasteiger partial charge in [0.15, 0.2) is 0 Å². The molecule has 17 heavy (non-hydrogen) atoms. The van der Waals surface area contributed by atoms with Crippen molar-refractivity contribution in [3.63, 3.8) is 0 Å². The SMILES string of the molecule is CCNC(C)(CCN1CCN(C)CC1)C(N)=O. The lowest BCUT2D eigenvalue weighted by atomic mass is 9.96. The first-order valence-corrected chi connectivity index (χ1v) is 6.44. The minimum atomic E-state index is -0.571. The Morgan fingerprint density at radius 3 is 2.41 bits per heavy atom. The van der Waals surface area contributed by atoms with E-state index in [1.165, 1.54) is 0 Å². The first-order chi connectivity index (χ1) is 7.98. The molecule has 3 N–H and O–H groups in total. The van der Waals surface area contributed by atoms with Gasteiger partial charge in [0.25, 0.3) is 0 Å². The number of nitrogens with two attached hydrogens (primary N) is 1. The molecule has 100 valence electrons. The van der Waals surface area contributed by atoms with Gasteiger partial charge in [0.05, 0.1) is 5.54 Å². The number of amides is 1. The van der Waals surface area contributed by atoms with E-state index in [9.17, 15) is 4.79 Å². The van der Waals surface area contributed by atoms with E-state index in [0.717, 1.165) is 45.7 Å². The number of primary amides is 1. The van der Waals surface area contributed by atoms with Crippen molar-refractivity contribution in [2.24, 2.45) is 5.73 Å². The van der Waals surface area contributed by atoms with E-state index in [-0.39, 0.29) is 5.91 Å². The Hall–Kier alpha value is -0.650. The Labute approximate surface area is 104 Å². The van der Waals surface area contributed by atoms with Gasteiger partial charge in [-0.1, -0.05) is 6.92 Å². The first kappa shape index (κ1) is 14.4. The molecular weight excluding hydrogens is 216 g/mol. The maximum Gasteiger partial charge on any atom is 0.237 e. The minimum absolute atomic E-state index is 0.256. The zero-order valence-electron chi connectivity index (χ0n) is 11.3. The third-order valence-corrected chi connectivity index (χ3v) is 3.63. The molecule has 1 aliphatic heterocycles. The van der Waals surface area contributed by atoms with E-state index in [0.29, 0.717) is 0 Å². The molecule has 0 aromatic heterocycles. The summed E-state index contributed by atoms with van der Waals surface area (Å²) < 4.78 is 0. The van der Waals surface area contributed by atoms with Crippen LogP contribution in [0, 0.1) is 0 Å². The zero-order valence-corrected chi connectivity index (χ0v) is 11.3. The summed E-state index contributed by atoms with van der Waals surface area (Å²) in [6.07, 6.45) is 0.778. The third kappa shape index (κ3) is 4.26. The number of hydrogen-bond acceptors (Lipinski definition) is 4. The van der Waals surface area contributed by atoms with Crippen molar-refractivity contribution >= 4 is 5.91 Å². The normalized spacial score (nSPS) is 22.3. The lowest BCUT2D eigenvalue weighted by molar-refractivity contribution is -0.124. The highest BCUT2D eigenvalue weighted by Gasteiger charge is 2.30. The Balaban J connectivity index is 2.39. The molecule has 0 aliphatic carbocycles. The quantitative estimate of drug-likeness (QED) is 0.658.